The quantitative estimate of drug-likeness (QED) is 0.313. The summed E-state index contributed by atoms with van der Waals surface area (Å²) in [6.07, 6.45) is 5.43. The van der Waals surface area contributed by atoms with Crippen LogP contribution in [0.25, 0.3) is 10.9 Å². The highest BCUT2D eigenvalue weighted by molar-refractivity contribution is 7.94. The number of benzene rings is 2. The molecule has 30 heavy (non-hydrogen) atoms. The fourth-order valence-electron chi connectivity index (χ4n) is 3.13. The van der Waals surface area contributed by atoms with Crippen molar-refractivity contribution in [3.05, 3.63) is 60.3 Å². The van der Waals surface area contributed by atoms with Gasteiger partial charge >= 0.3 is 5.97 Å². The largest absolute Gasteiger partial charge is 0.479 e. The molecule has 0 saturated heterocycles. The van der Waals surface area contributed by atoms with Gasteiger partial charge in [-0.1, -0.05) is 26.0 Å². The maximum atomic E-state index is 11.4. The molecule has 0 N–H and O–H groups in total. The Labute approximate surface area is 183 Å². The summed E-state index contributed by atoms with van der Waals surface area (Å²) in [5, 5.41) is 1.19. The van der Waals surface area contributed by atoms with E-state index >= 15 is 0 Å². The summed E-state index contributed by atoms with van der Waals surface area (Å²) in [5.41, 5.74) is 2.46. The van der Waals surface area contributed by atoms with Gasteiger partial charge in [0.15, 0.2) is 6.10 Å². The molecule has 0 aliphatic carbocycles. The highest BCUT2D eigenvalue weighted by atomic mass is 32.2. The number of carbonyl (C=O) groups excluding carboxylic acids is 1. The third kappa shape index (κ3) is 6.46. The van der Waals surface area contributed by atoms with Crippen LogP contribution in [-0.2, 0) is 22.5 Å². The smallest absolute Gasteiger partial charge is 0.346 e. The van der Waals surface area contributed by atoms with Gasteiger partial charge in [0, 0.05) is 29.9 Å². The lowest BCUT2D eigenvalue weighted by molar-refractivity contribution is -0.147. The maximum Gasteiger partial charge on any atom is 0.346 e. The van der Waals surface area contributed by atoms with Gasteiger partial charge in [-0.25, -0.2) is 4.79 Å². The van der Waals surface area contributed by atoms with Crippen molar-refractivity contribution in [2.24, 2.45) is 0 Å². The number of fused-ring (bicyclic) bond motifs is 1. The molecule has 1 heterocycles. The Kier molecular flexibility index (Phi) is 9.61. The van der Waals surface area contributed by atoms with Crippen LogP contribution < -0.4 is 8.92 Å². The predicted molar refractivity (Wildman–Crippen MR) is 124 cm³/mol. The van der Waals surface area contributed by atoms with Crippen molar-refractivity contribution in [2.45, 2.75) is 46.3 Å². The minimum atomic E-state index is -0.611. The number of carbonyl (C=O) groups is 1. The standard InChI is InChI=1S/C22H25NO4S.C2H6/c1-16(22(24)25-2)26-19-8-6-17(7-9-19)5-4-13-23-14-12-18-15-20(27-28-3)10-11-21(18)23;1-2/h6-12,14-16H,4-5,13H2,1-3H3;1-2H3. The highest BCUT2D eigenvalue weighted by Gasteiger charge is 2.14. The van der Waals surface area contributed by atoms with Crippen LogP contribution in [0.15, 0.2) is 54.7 Å². The zero-order valence-corrected chi connectivity index (χ0v) is 19.2. The summed E-state index contributed by atoms with van der Waals surface area (Å²) in [6, 6.07) is 16.2. The number of hydrogen-bond acceptors (Lipinski definition) is 5. The van der Waals surface area contributed by atoms with Crippen molar-refractivity contribution < 1.29 is 18.5 Å². The summed E-state index contributed by atoms with van der Waals surface area (Å²) >= 11 is 1.35. The molecule has 0 aliphatic heterocycles. The monoisotopic (exact) mass is 429 g/mol. The van der Waals surface area contributed by atoms with E-state index in [1.54, 1.807) is 6.92 Å². The summed E-state index contributed by atoms with van der Waals surface area (Å²) < 4.78 is 18.0. The molecule has 1 atom stereocenters. The van der Waals surface area contributed by atoms with Crippen LogP contribution in [0.5, 0.6) is 11.5 Å². The lowest BCUT2D eigenvalue weighted by Gasteiger charge is -2.12. The number of rotatable bonds is 9. The van der Waals surface area contributed by atoms with E-state index in [1.165, 1.54) is 35.6 Å². The van der Waals surface area contributed by atoms with Gasteiger partial charge in [0.25, 0.3) is 0 Å². The van der Waals surface area contributed by atoms with Crippen molar-refractivity contribution in [2.75, 3.05) is 13.4 Å². The molecule has 162 valence electrons. The van der Waals surface area contributed by atoms with Gasteiger partial charge in [-0.05, 0) is 61.7 Å². The molecule has 2 aromatic carbocycles. The van der Waals surface area contributed by atoms with Crippen LogP contribution in [0.3, 0.4) is 0 Å². The second-order valence-corrected chi connectivity index (χ2v) is 7.01. The fraction of sp³-hybridized carbons (Fsp3) is 0.375. The van der Waals surface area contributed by atoms with E-state index in [4.69, 9.17) is 8.92 Å². The van der Waals surface area contributed by atoms with Gasteiger partial charge in [-0.3, -0.25) is 0 Å². The van der Waals surface area contributed by atoms with E-state index < -0.39 is 6.10 Å². The number of nitrogens with zero attached hydrogens (tertiary/aromatic N) is 1. The van der Waals surface area contributed by atoms with Gasteiger partial charge < -0.3 is 18.2 Å². The lowest BCUT2D eigenvalue weighted by Crippen LogP contribution is -2.24. The number of aryl methyl sites for hydroxylation is 2. The van der Waals surface area contributed by atoms with Crippen LogP contribution in [0.4, 0.5) is 0 Å². The van der Waals surface area contributed by atoms with Gasteiger partial charge in [-0.2, -0.15) is 0 Å². The van der Waals surface area contributed by atoms with Crippen LogP contribution in [-0.4, -0.2) is 30.0 Å². The molecule has 0 aliphatic rings. The predicted octanol–water partition coefficient (Wildman–Crippen LogP) is 5.90. The first-order valence-corrected chi connectivity index (χ1v) is 11.4. The molecule has 0 bridgehead atoms. The third-order valence-electron chi connectivity index (χ3n) is 4.56. The molecule has 0 fully saturated rings. The average molecular weight is 430 g/mol. The molecule has 0 saturated carbocycles. The molecule has 0 radical (unpaired) electrons. The Morgan fingerprint density at radius 2 is 1.77 bits per heavy atom. The molecular weight excluding hydrogens is 398 g/mol. The van der Waals surface area contributed by atoms with Crippen LogP contribution >= 0.6 is 12.0 Å². The average Bonchev–Trinajstić information content (AvgIpc) is 3.18. The fourth-order valence-corrected chi connectivity index (χ4v) is 3.42. The van der Waals surface area contributed by atoms with E-state index in [0.717, 1.165) is 25.1 Å². The second-order valence-electron chi connectivity index (χ2n) is 6.51. The minimum absolute atomic E-state index is 0.379. The Balaban J connectivity index is 0.00000155. The van der Waals surface area contributed by atoms with Crippen molar-refractivity contribution in [3.8, 4) is 11.5 Å². The lowest BCUT2D eigenvalue weighted by atomic mass is 10.1. The van der Waals surface area contributed by atoms with Crippen molar-refractivity contribution in [3.63, 3.8) is 0 Å². The summed E-state index contributed by atoms with van der Waals surface area (Å²) in [6.45, 7) is 6.63. The number of ether oxygens (including phenoxy) is 2. The number of methoxy groups -OCH3 is 1. The summed E-state index contributed by atoms with van der Waals surface area (Å²) in [4.78, 5) is 11.4. The van der Waals surface area contributed by atoms with Gasteiger partial charge in [0.1, 0.15) is 11.5 Å². The normalized spacial score (nSPS) is 11.4. The topological polar surface area (TPSA) is 49.7 Å². The highest BCUT2D eigenvalue weighted by Crippen LogP contribution is 2.24. The van der Waals surface area contributed by atoms with E-state index in [2.05, 4.69) is 33.7 Å². The SMILES string of the molecule is CC.COC(=O)C(C)Oc1ccc(CCCn2ccc3cc(OSC)ccc32)cc1. The number of aromatic nitrogens is 1. The van der Waals surface area contributed by atoms with Gasteiger partial charge in [0.05, 0.1) is 19.2 Å². The maximum absolute atomic E-state index is 11.4. The van der Waals surface area contributed by atoms with E-state index in [-0.39, 0.29) is 5.97 Å². The van der Waals surface area contributed by atoms with Crippen molar-refractivity contribution >= 4 is 28.9 Å². The van der Waals surface area contributed by atoms with Crippen LogP contribution in [0.1, 0.15) is 32.8 Å². The van der Waals surface area contributed by atoms with E-state index in [0.29, 0.717) is 5.75 Å². The number of hydrogen-bond donors (Lipinski definition) is 0. The minimum Gasteiger partial charge on any atom is -0.479 e. The first kappa shape index (κ1) is 23.7. The first-order valence-electron chi connectivity index (χ1n) is 10.2. The molecule has 1 aromatic heterocycles. The molecule has 5 nitrogen and oxygen atoms in total. The zero-order valence-electron chi connectivity index (χ0n) is 18.4. The van der Waals surface area contributed by atoms with Gasteiger partial charge in [-0.15, -0.1) is 0 Å². The molecule has 0 amide bonds. The Morgan fingerprint density at radius 1 is 1.07 bits per heavy atom. The molecule has 1 unspecified atom stereocenters. The Hall–Kier alpha value is -2.60. The molecule has 6 heteroatoms. The molecule has 0 spiro atoms. The molecule has 3 aromatic rings. The van der Waals surface area contributed by atoms with Crippen LogP contribution in [0.2, 0.25) is 0 Å². The van der Waals surface area contributed by atoms with E-state index in [1.807, 2.05) is 50.4 Å². The second kappa shape index (κ2) is 12.2. The van der Waals surface area contributed by atoms with Gasteiger partial charge in [0.2, 0.25) is 0 Å². The molecule has 3 rings (SSSR count). The third-order valence-corrected chi connectivity index (χ3v) is 4.91. The van der Waals surface area contributed by atoms with Crippen molar-refractivity contribution in [1.82, 2.24) is 4.57 Å². The Bertz CT molecular complexity index is 921. The first-order chi connectivity index (χ1) is 14.6. The molecular formula is C24H31NO4S. The summed E-state index contributed by atoms with van der Waals surface area (Å²) in [7, 11) is 1.36. The van der Waals surface area contributed by atoms with E-state index in [9.17, 15) is 4.79 Å². The zero-order chi connectivity index (χ0) is 21.9. The number of esters is 1. The Morgan fingerprint density at radius 3 is 2.43 bits per heavy atom. The van der Waals surface area contributed by atoms with Crippen molar-refractivity contribution in [1.29, 1.82) is 0 Å². The van der Waals surface area contributed by atoms with Crippen LogP contribution in [0, 0.1) is 0 Å². The summed E-state index contributed by atoms with van der Waals surface area (Å²) in [5.74, 6) is 1.16.